The summed E-state index contributed by atoms with van der Waals surface area (Å²) in [4.78, 5) is 28.7. The van der Waals surface area contributed by atoms with Crippen LogP contribution in [0, 0.1) is 5.92 Å². The third kappa shape index (κ3) is 6.33. The van der Waals surface area contributed by atoms with Gasteiger partial charge in [0.15, 0.2) is 0 Å². The molecule has 1 fully saturated rings. The number of carbonyl (C=O) groups excluding carboxylic acids is 1. The Bertz CT molecular complexity index is 1010. The Morgan fingerprint density at radius 1 is 1.24 bits per heavy atom. The average Bonchev–Trinajstić information content (AvgIpc) is 2.83. The molecule has 4 rings (SSSR count). The predicted octanol–water partition coefficient (Wildman–Crippen LogP) is 2.93. The van der Waals surface area contributed by atoms with Crippen molar-refractivity contribution in [1.82, 2.24) is 10.3 Å². The molecule has 1 aromatic heterocycles. The highest BCUT2D eigenvalue weighted by atomic mass is 16.5. The number of fused-ring (bicyclic) bond motifs is 1. The number of ether oxygens (including phenoxy) is 1. The van der Waals surface area contributed by atoms with Crippen LogP contribution in [0.15, 0.2) is 36.4 Å². The van der Waals surface area contributed by atoms with Gasteiger partial charge in [-0.25, -0.2) is 9.78 Å². The molecule has 8 heteroatoms. The van der Waals surface area contributed by atoms with E-state index in [-0.39, 0.29) is 25.7 Å². The molecule has 1 saturated carbocycles. The number of amides is 1. The maximum Gasteiger partial charge on any atom is 0.326 e. The predicted molar refractivity (Wildman–Crippen MR) is 128 cm³/mol. The minimum Gasteiger partial charge on any atom is -0.480 e. The molecule has 1 atom stereocenters. The first-order chi connectivity index (χ1) is 16.5. The fourth-order valence-corrected chi connectivity index (χ4v) is 4.57. The molecular formula is C26H33N3O5. The molecule has 0 bridgehead atoms. The topological polar surface area (TPSA) is 121 Å². The molecule has 182 valence electrons. The van der Waals surface area contributed by atoms with Crippen LogP contribution in [0.25, 0.3) is 0 Å². The van der Waals surface area contributed by atoms with Crippen LogP contribution in [0.5, 0.6) is 0 Å². The monoisotopic (exact) mass is 467 g/mol. The van der Waals surface area contributed by atoms with E-state index in [9.17, 15) is 19.8 Å². The fraction of sp³-hybridized carbons (Fsp3) is 0.500. The number of aliphatic hydroxyl groups is 1. The van der Waals surface area contributed by atoms with E-state index >= 15 is 0 Å². The van der Waals surface area contributed by atoms with Crippen LogP contribution >= 0.6 is 0 Å². The molecule has 2 aromatic rings. The van der Waals surface area contributed by atoms with Gasteiger partial charge >= 0.3 is 5.97 Å². The molecule has 2 heterocycles. The zero-order valence-electron chi connectivity index (χ0n) is 19.3. The summed E-state index contributed by atoms with van der Waals surface area (Å²) in [7, 11) is 0. The Morgan fingerprint density at radius 3 is 2.88 bits per heavy atom. The molecule has 1 aliphatic carbocycles. The van der Waals surface area contributed by atoms with Crippen LogP contribution in [0.1, 0.15) is 59.3 Å². The van der Waals surface area contributed by atoms with Crippen molar-refractivity contribution >= 4 is 17.7 Å². The second-order valence-electron chi connectivity index (χ2n) is 9.22. The van der Waals surface area contributed by atoms with Crippen LogP contribution < -0.4 is 10.6 Å². The fourth-order valence-electron chi connectivity index (χ4n) is 4.57. The molecule has 1 aliphatic heterocycles. The Labute approximate surface area is 199 Å². The number of pyridine rings is 1. The first-order valence-corrected chi connectivity index (χ1v) is 12.1. The summed E-state index contributed by atoms with van der Waals surface area (Å²) in [6.45, 7) is 1.10. The lowest BCUT2D eigenvalue weighted by Crippen LogP contribution is -2.42. The summed E-state index contributed by atoms with van der Waals surface area (Å²) in [5.74, 6) is 0.0792. The summed E-state index contributed by atoms with van der Waals surface area (Å²) < 4.78 is 5.87. The largest absolute Gasteiger partial charge is 0.480 e. The smallest absolute Gasteiger partial charge is 0.326 e. The number of benzene rings is 1. The van der Waals surface area contributed by atoms with Crippen LogP contribution in [0.4, 0.5) is 5.82 Å². The van der Waals surface area contributed by atoms with Gasteiger partial charge in [-0.15, -0.1) is 0 Å². The number of carboxylic acid groups (broad SMARTS) is 1. The number of rotatable bonds is 11. The van der Waals surface area contributed by atoms with Crippen molar-refractivity contribution < 1.29 is 24.5 Å². The van der Waals surface area contributed by atoms with E-state index in [0.717, 1.165) is 56.6 Å². The van der Waals surface area contributed by atoms with Gasteiger partial charge in [0.1, 0.15) is 11.9 Å². The van der Waals surface area contributed by atoms with Gasteiger partial charge in [-0.05, 0) is 73.8 Å². The number of anilines is 1. The lowest BCUT2D eigenvalue weighted by atomic mass is 9.79. The first kappa shape index (κ1) is 24.2. The van der Waals surface area contributed by atoms with Gasteiger partial charge in [0.25, 0.3) is 5.91 Å². The zero-order valence-corrected chi connectivity index (χ0v) is 19.3. The van der Waals surface area contributed by atoms with E-state index in [1.807, 2.05) is 0 Å². The van der Waals surface area contributed by atoms with Gasteiger partial charge in [-0.3, -0.25) is 4.79 Å². The van der Waals surface area contributed by atoms with Crippen molar-refractivity contribution in [2.75, 3.05) is 18.5 Å². The minimum absolute atomic E-state index is 0.148. The van der Waals surface area contributed by atoms with Gasteiger partial charge in [0.05, 0.1) is 12.7 Å². The molecule has 0 spiro atoms. The van der Waals surface area contributed by atoms with Gasteiger partial charge in [0, 0.05) is 30.8 Å². The first-order valence-electron chi connectivity index (χ1n) is 12.1. The lowest BCUT2D eigenvalue weighted by Gasteiger charge is -2.35. The van der Waals surface area contributed by atoms with Crippen molar-refractivity contribution in [2.45, 2.75) is 63.7 Å². The van der Waals surface area contributed by atoms with E-state index in [0.29, 0.717) is 17.0 Å². The second kappa shape index (κ2) is 11.4. The molecule has 2 aliphatic rings. The number of hydrogen-bond acceptors (Lipinski definition) is 6. The van der Waals surface area contributed by atoms with Crippen molar-refractivity contribution in [3.8, 4) is 0 Å². The summed E-state index contributed by atoms with van der Waals surface area (Å²) in [5.41, 5.74) is 3.36. The zero-order chi connectivity index (χ0) is 23.9. The normalized spacial score (nSPS) is 19.9. The molecule has 4 N–H and O–H groups in total. The van der Waals surface area contributed by atoms with Crippen LogP contribution in [0.3, 0.4) is 0 Å². The Kier molecular flexibility index (Phi) is 8.13. The number of hydrogen-bond donors (Lipinski definition) is 4. The third-order valence-corrected chi connectivity index (χ3v) is 6.69. The summed E-state index contributed by atoms with van der Waals surface area (Å²) in [6.07, 6.45) is 6.59. The third-order valence-electron chi connectivity index (χ3n) is 6.69. The standard InChI is InChI=1S/C26H33N3O5/c30-16-18-3-1-4-20(13-18)25(31)29-23(26(32)33)10-12-34-22-14-17(15-22)6-8-21-9-7-19-5-2-11-27-24(19)28-21/h1,3-4,7,9,13,17,22-23,30H,2,5-6,8,10-12,14-16H2,(H,27,28)(H,29,31)(H,32,33). The van der Waals surface area contributed by atoms with Crippen molar-refractivity contribution in [3.05, 3.63) is 58.8 Å². The molecule has 1 unspecified atom stereocenters. The molecular weight excluding hydrogens is 434 g/mol. The van der Waals surface area contributed by atoms with E-state index in [1.165, 1.54) is 5.56 Å². The highest BCUT2D eigenvalue weighted by molar-refractivity contribution is 5.96. The average molecular weight is 468 g/mol. The summed E-state index contributed by atoms with van der Waals surface area (Å²) >= 11 is 0. The maximum atomic E-state index is 12.4. The second-order valence-corrected chi connectivity index (χ2v) is 9.22. The van der Waals surface area contributed by atoms with Crippen molar-refractivity contribution in [1.29, 1.82) is 0 Å². The highest BCUT2D eigenvalue weighted by Crippen LogP contribution is 2.34. The number of nitrogens with zero attached hydrogens (tertiary/aromatic N) is 1. The SMILES string of the molecule is O=C(NC(CCOC1CC(CCc2ccc3c(n2)NCCC3)C1)C(=O)O)c1cccc(CO)c1. The Morgan fingerprint density at radius 2 is 2.09 bits per heavy atom. The highest BCUT2D eigenvalue weighted by Gasteiger charge is 2.30. The van der Waals surface area contributed by atoms with Gasteiger partial charge in [0.2, 0.25) is 0 Å². The molecule has 0 radical (unpaired) electrons. The van der Waals surface area contributed by atoms with E-state index in [4.69, 9.17) is 9.72 Å². The number of carboxylic acids is 1. The minimum atomic E-state index is -1.09. The van der Waals surface area contributed by atoms with Crippen LogP contribution in [-0.2, 0) is 29.0 Å². The lowest BCUT2D eigenvalue weighted by molar-refractivity contribution is -0.140. The summed E-state index contributed by atoms with van der Waals surface area (Å²) in [5, 5.41) is 24.6. The van der Waals surface area contributed by atoms with E-state index in [1.54, 1.807) is 24.3 Å². The number of nitrogens with one attached hydrogen (secondary N) is 2. The number of aromatic nitrogens is 1. The van der Waals surface area contributed by atoms with Gasteiger partial charge < -0.3 is 25.6 Å². The molecule has 34 heavy (non-hydrogen) atoms. The Balaban J connectivity index is 1.15. The number of carbonyl (C=O) groups is 2. The number of aliphatic hydroxyl groups excluding tert-OH is 1. The van der Waals surface area contributed by atoms with Crippen LogP contribution in [0.2, 0.25) is 0 Å². The van der Waals surface area contributed by atoms with Gasteiger partial charge in [-0.1, -0.05) is 18.2 Å². The molecule has 1 aromatic carbocycles. The molecule has 0 saturated heterocycles. The maximum absolute atomic E-state index is 12.4. The quantitative estimate of drug-likeness (QED) is 0.401. The Hall–Kier alpha value is -2.97. The van der Waals surface area contributed by atoms with Crippen molar-refractivity contribution in [3.63, 3.8) is 0 Å². The molecule has 1 amide bonds. The van der Waals surface area contributed by atoms with Crippen LogP contribution in [-0.4, -0.2) is 52.4 Å². The van der Waals surface area contributed by atoms with E-state index < -0.39 is 17.9 Å². The number of aliphatic carboxylic acids is 1. The van der Waals surface area contributed by atoms with E-state index in [2.05, 4.69) is 22.8 Å². The van der Waals surface area contributed by atoms with Crippen molar-refractivity contribution in [2.24, 2.45) is 5.92 Å². The molecule has 8 nitrogen and oxygen atoms in total. The van der Waals surface area contributed by atoms with Gasteiger partial charge in [-0.2, -0.15) is 0 Å². The number of aryl methyl sites for hydroxylation is 2. The summed E-state index contributed by atoms with van der Waals surface area (Å²) in [6, 6.07) is 9.81.